The van der Waals surface area contributed by atoms with Gasteiger partial charge in [-0.05, 0) is 41.4 Å². The lowest BCUT2D eigenvalue weighted by Gasteiger charge is -2.12. The molecule has 0 unspecified atom stereocenters. The number of pyridine rings is 1. The molecule has 0 fully saturated rings. The number of halogens is 2. The molecule has 4 aromatic rings. The Morgan fingerprint density at radius 3 is 2.50 bits per heavy atom. The molecule has 5 heteroatoms. The van der Waals surface area contributed by atoms with Crippen molar-refractivity contribution < 1.29 is 9.04 Å². The van der Waals surface area contributed by atoms with Crippen LogP contribution in [0.2, 0.25) is 5.02 Å². The first-order valence-corrected chi connectivity index (χ1v) is 8.60. The van der Waals surface area contributed by atoms with Gasteiger partial charge in [-0.1, -0.05) is 54.1 Å². The van der Waals surface area contributed by atoms with Crippen molar-refractivity contribution in [2.45, 2.75) is 0 Å². The van der Waals surface area contributed by atoms with Crippen LogP contribution in [0, 0.1) is 5.82 Å². The predicted octanol–water partition coefficient (Wildman–Crippen LogP) is 4.75. The third-order valence-corrected chi connectivity index (χ3v) is 4.46. The lowest BCUT2D eigenvalue weighted by molar-refractivity contribution is 0.608. The van der Waals surface area contributed by atoms with Gasteiger partial charge in [0.05, 0.1) is 0 Å². The Hall–Kier alpha value is -2.85. The fourth-order valence-electron chi connectivity index (χ4n) is 2.98. The first-order valence-electron chi connectivity index (χ1n) is 8.22. The Morgan fingerprint density at radius 2 is 1.65 bits per heavy atom. The molecular formula is C21H14BClFNO. The molecule has 3 aromatic carbocycles. The van der Waals surface area contributed by atoms with Crippen LogP contribution in [0.1, 0.15) is 0 Å². The third kappa shape index (κ3) is 3.28. The smallest absolute Gasteiger partial charge is 0.374 e. The van der Waals surface area contributed by atoms with Gasteiger partial charge in [0.25, 0.3) is 0 Å². The zero-order valence-electron chi connectivity index (χ0n) is 13.8. The molecule has 0 N–H and O–H groups in total. The number of hydrogen-bond acceptors (Lipinski definition) is 2. The van der Waals surface area contributed by atoms with E-state index in [0.29, 0.717) is 16.3 Å². The van der Waals surface area contributed by atoms with Crippen LogP contribution in [-0.2, 0) is 0 Å². The van der Waals surface area contributed by atoms with Crippen molar-refractivity contribution >= 4 is 35.4 Å². The molecule has 2 nitrogen and oxygen atoms in total. The fourth-order valence-corrected chi connectivity index (χ4v) is 3.10. The van der Waals surface area contributed by atoms with Crippen molar-refractivity contribution in [2.24, 2.45) is 0 Å². The molecule has 26 heavy (non-hydrogen) atoms. The van der Waals surface area contributed by atoms with E-state index in [1.807, 2.05) is 48.5 Å². The molecule has 0 saturated carbocycles. The van der Waals surface area contributed by atoms with Gasteiger partial charge >= 0.3 is 7.48 Å². The Morgan fingerprint density at radius 1 is 0.885 bits per heavy atom. The van der Waals surface area contributed by atoms with Crippen molar-refractivity contribution in [1.82, 2.24) is 4.98 Å². The van der Waals surface area contributed by atoms with Crippen LogP contribution in [-0.4, -0.2) is 12.5 Å². The molecule has 126 valence electrons. The van der Waals surface area contributed by atoms with Crippen molar-refractivity contribution in [3.05, 3.63) is 89.8 Å². The molecule has 0 atom stereocenters. The van der Waals surface area contributed by atoms with Crippen LogP contribution >= 0.6 is 11.6 Å². The van der Waals surface area contributed by atoms with E-state index in [4.69, 9.17) is 16.3 Å². The summed E-state index contributed by atoms with van der Waals surface area (Å²) >= 11 is 5.95. The molecular weight excluding hydrogens is 348 g/mol. The van der Waals surface area contributed by atoms with Crippen LogP contribution < -0.4 is 10.1 Å². The van der Waals surface area contributed by atoms with Crippen molar-refractivity contribution in [2.75, 3.05) is 0 Å². The maximum atomic E-state index is 14.5. The molecule has 4 rings (SSSR count). The average Bonchev–Trinajstić information content (AvgIpc) is 2.67. The van der Waals surface area contributed by atoms with Gasteiger partial charge in [0.15, 0.2) is 0 Å². The second kappa shape index (κ2) is 7.18. The number of benzene rings is 3. The normalized spacial score (nSPS) is 10.7. The highest BCUT2D eigenvalue weighted by atomic mass is 35.5. The summed E-state index contributed by atoms with van der Waals surface area (Å²) in [5.74, 6) is 0.388. The Kier molecular flexibility index (Phi) is 4.59. The summed E-state index contributed by atoms with van der Waals surface area (Å²) in [6, 6.07) is 21.8. The highest BCUT2D eigenvalue weighted by Crippen LogP contribution is 2.25. The van der Waals surface area contributed by atoms with Gasteiger partial charge in [-0.2, -0.15) is 0 Å². The maximum Gasteiger partial charge on any atom is 0.374 e. The van der Waals surface area contributed by atoms with Gasteiger partial charge in [0, 0.05) is 22.2 Å². The van der Waals surface area contributed by atoms with Gasteiger partial charge in [-0.25, -0.2) is 4.39 Å². The summed E-state index contributed by atoms with van der Waals surface area (Å²) < 4.78 is 20.5. The number of hydrogen-bond donors (Lipinski definition) is 0. The Bertz CT molecular complexity index is 1060. The van der Waals surface area contributed by atoms with Crippen LogP contribution in [0.25, 0.3) is 22.0 Å². The lowest BCUT2D eigenvalue weighted by Crippen LogP contribution is -2.23. The summed E-state index contributed by atoms with van der Waals surface area (Å²) in [4.78, 5) is 4.39. The average molecular weight is 362 g/mol. The van der Waals surface area contributed by atoms with Crippen molar-refractivity contribution in [3.63, 3.8) is 0 Å². The van der Waals surface area contributed by atoms with Crippen LogP contribution in [0.5, 0.6) is 5.75 Å². The zero-order valence-corrected chi connectivity index (χ0v) is 14.6. The van der Waals surface area contributed by atoms with E-state index in [0.717, 1.165) is 21.9 Å². The van der Waals surface area contributed by atoms with E-state index in [2.05, 4.69) is 4.98 Å². The Balaban J connectivity index is 1.69. The maximum absolute atomic E-state index is 14.5. The minimum atomic E-state index is -0.288. The molecule has 1 heterocycles. The van der Waals surface area contributed by atoms with E-state index < -0.39 is 0 Å². The quantitative estimate of drug-likeness (QED) is 0.489. The molecule has 0 aliphatic rings. The molecule has 0 spiro atoms. The predicted molar refractivity (Wildman–Crippen MR) is 106 cm³/mol. The van der Waals surface area contributed by atoms with E-state index in [1.54, 1.807) is 24.4 Å². The number of rotatable bonds is 4. The Labute approximate surface area is 156 Å². The third-order valence-electron chi connectivity index (χ3n) is 4.21. The van der Waals surface area contributed by atoms with Gasteiger partial charge in [0.2, 0.25) is 0 Å². The van der Waals surface area contributed by atoms with Crippen molar-refractivity contribution in [3.8, 4) is 16.9 Å². The highest BCUT2D eigenvalue weighted by Gasteiger charge is 2.14. The number of aromatic nitrogens is 1. The largest absolute Gasteiger partial charge is 0.558 e. The second-order valence-electron chi connectivity index (χ2n) is 5.90. The van der Waals surface area contributed by atoms with Crippen LogP contribution in [0.3, 0.4) is 0 Å². The van der Waals surface area contributed by atoms with Gasteiger partial charge in [-0.3, -0.25) is 4.98 Å². The minimum absolute atomic E-state index is 0.241. The minimum Gasteiger partial charge on any atom is -0.558 e. The molecule has 0 saturated heterocycles. The topological polar surface area (TPSA) is 22.1 Å². The summed E-state index contributed by atoms with van der Waals surface area (Å²) in [6.45, 7) is 0. The van der Waals surface area contributed by atoms with E-state index in [9.17, 15) is 4.39 Å². The zero-order chi connectivity index (χ0) is 17.9. The molecule has 0 amide bonds. The number of para-hydroxylation sites is 1. The highest BCUT2D eigenvalue weighted by molar-refractivity contribution is 6.50. The van der Waals surface area contributed by atoms with Crippen molar-refractivity contribution in [1.29, 1.82) is 0 Å². The first kappa shape index (κ1) is 16.6. The molecule has 1 aromatic heterocycles. The van der Waals surface area contributed by atoms with Crippen LogP contribution in [0.4, 0.5) is 4.39 Å². The van der Waals surface area contributed by atoms with Gasteiger partial charge in [-0.15, -0.1) is 0 Å². The van der Waals surface area contributed by atoms with Gasteiger partial charge < -0.3 is 4.65 Å². The van der Waals surface area contributed by atoms with E-state index in [1.165, 1.54) is 6.07 Å². The number of nitrogens with zero attached hydrogens (tertiary/aromatic N) is 1. The first-order chi connectivity index (χ1) is 12.7. The molecule has 0 aliphatic heterocycles. The van der Waals surface area contributed by atoms with Crippen LogP contribution in [0.15, 0.2) is 79.0 Å². The van der Waals surface area contributed by atoms with E-state index >= 15 is 0 Å². The lowest BCUT2D eigenvalue weighted by atomic mass is 9.81. The summed E-state index contributed by atoms with van der Waals surface area (Å²) in [7, 11) is 0.241. The monoisotopic (exact) mass is 361 g/mol. The molecule has 0 radical (unpaired) electrons. The standard InChI is InChI=1S/C21H14BClFNO/c23-16-11-9-14(10-12-16)20-17(6-2-7-18(20)24)22-26-19-8-1-4-15-5-3-13-25-21(15)19/h1-13,22H. The molecule has 0 aliphatic carbocycles. The van der Waals surface area contributed by atoms with E-state index in [-0.39, 0.29) is 13.3 Å². The SMILES string of the molecule is Fc1cccc(BOc2cccc3cccnc23)c1-c1ccc(Cl)cc1. The fraction of sp³-hybridized carbons (Fsp3) is 0. The summed E-state index contributed by atoms with van der Waals surface area (Å²) in [6.07, 6.45) is 1.73. The molecule has 0 bridgehead atoms. The van der Waals surface area contributed by atoms with Gasteiger partial charge in [0.1, 0.15) is 17.1 Å². The summed E-state index contributed by atoms with van der Waals surface area (Å²) in [5.41, 5.74) is 2.85. The number of fused-ring (bicyclic) bond motifs is 1. The second-order valence-corrected chi connectivity index (χ2v) is 6.34. The summed E-state index contributed by atoms with van der Waals surface area (Å²) in [5, 5.41) is 1.62.